The van der Waals surface area contributed by atoms with Crippen molar-refractivity contribution in [2.24, 2.45) is 0 Å². The van der Waals surface area contributed by atoms with Gasteiger partial charge in [0.05, 0.1) is 16.7 Å². The lowest BCUT2D eigenvalue weighted by atomic mass is 10.1. The van der Waals surface area contributed by atoms with Crippen LogP contribution in [-0.4, -0.2) is 47.6 Å². The minimum absolute atomic E-state index is 0.0856. The Hall–Kier alpha value is -2.52. The summed E-state index contributed by atoms with van der Waals surface area (Å²) in [7, 11) is -3.57. The molecule has 0 radical (unpaired) electrons. The van der Waals surface area contributed by atoms with Gasteiger partial charge in [0.25, 0.3) is 5.91 Å². The summed E-state index contributed by atoms with van der Waals surface area (Å²) in [4.78, 5) is 19.6. The number of aromatic nitrogens is 2. The number of thiazole rings is 1. The van der Waals surface area contributed by atoms with Gasteiger partial charge in [-0.2, -0.15) is 0 Å². The average molecular weight is 434 g/mol. The number of aryl methyl sites for hydroxylation is 1. The zero-order chi connectivity index (χ0) is 20.6. The topological polar surface area (TPSA) is 72.3 Å². The minimum Gasteiger partial charge on any atom is -0.337 e. The molecule has 9 heteroatoms. The van der Waals surface area contributed by atoms with Gasteiger partial charge in [0.1, 0.15) is 10.7 Å². The molecule has 3 aromatic rings. The highest BCUT2D eigenvalue weighted by atomic mass is 32.2. The summed E-state index contributed by atoms with van der Waals surface area (Å²) < 4.78 is 41.6. The largest absolute Gasteiger partial charge is 0.337 e. The number of sulfone groups is 1. The van der Waals surface area contributed by atoms with Crippen LogP contribution in [0.25, 0.3) is 5.13 Å². The number of rotatable bonds is 3. The van der Waals surface area contributed by atoms with Gasteiger partial charge in [-0.1, -0.05) is 29.5 Å². The van der Waals surface area contributed by atoms with E-state index >= 15 is 0 Å². The lowest BCUT2D eigenvalue weighted by Crippen LogP contribution is -2.33. The summed E-state index contributed by atoms with van der Waals surface area (Å²) in [5.74, 6) is -0.960. The van der Waals surface area contributed by atoms with E-state index in [9.17, 15) is 17.6 Å². The average Bonchev–Trinajstić information content (AvgIpc) is 3.31. The number of carbonyl (C=O) groups is 1. The fourth-order valence-electron chi connectivity index (χ4n) is 3.53. The van der Waals surface area contributed by atoms with E-state index in [0.717, 1.165) is 0 Å². The first-order valence-corrected chi connectivity index (χ1v) is 11.8. The van der Waals surface area contributed by atoms with Gasteiger partial charge in [0.2, 0.25) is 0 Å². The van der Waals surface area contributed by atoms with E-state index in [0.29, 0.717) is 15.7 Å². The van der Waals surface area contributed by atoms with Crippen LogP contribution in [-0.2, 0) is 9.84 Å². The number of benzene rings is 1. The Bertz CT molecular complexity index is 1140. The highest BCUT2D eigenvalue weighted by molar-refractivity contribution is 7.91. The molecule has 1 amide bonds. The number of carbonyl (C=O) groups excluding carboxylic acids is 1. The molecular formula is C20H20FN3O3S2. The third kappa shape index (κ3) is 3.84. The van der Waals surface area contributed by atoms with Crippen LogP contribution in [0.5, 0.6) is 0 Å². The van der Waals surface area contributed by atoms with Gasteiger partial charge in [-0.3, -0.25) is 4.79 Å². The molecule has 1 atom stereocenters. The number of halogens is 1. The molecule has 1 aromatic carbocycles. The molecule has 3 heterocycles. The van der Waals surface area contributed by atoms with Gasteiger partial charge in [0.15, 0.2) is 15.0 Å². The van der Waals surface area contributed by atoms with Crippen LogP contribution >= 0.6 is 11.3 Å². The van der Waals surface area contributed by atoms with Crippen molar-refractivity contribution in [3.63, 3.8) is 0 Å². The lowest BCUT2D eigenvalue weighted by Gasteiger charge is -2.19. The highest BCUT2D eigenvalue weighted by Gasteiger charge is 2.35. The SMILES string of the molecule is Cc1nc(-n2cccc2)sc1C(=O)N1CCC(c2ccccc2F)S(=O)(=O)CC1. The maximum Gasteiger partial charge on any atom is 0.265 e. The van der Waals surface area contributed by atoms with Crippen molar-refractivity contribution < 1.29 is 17.6 Å². The fourth-order valence-corrected chi connectivity index (χ4v) is 6.33. The highest BCUT2D eigenvalue weighted by Crippen LogP contribution is 2.32. The Balaban J connectivity index is 1.58. The van der Waals surface area contributed by atoms with Crippen LogP contribution in [0.1, 0.15) is 32.6 Å². The Labute approximate surface area is 172 Å². The van der Waals surface area contributed by atoms with E-state index in [2.05, 4.69) is 4.98 Å². The number of hydrogen-bond donors (Lipinski definition) is 0. The monoisotopic (exact) mass is 433 g/mol. The molecule has 0 bridgehead atoms. The van der Waals surface area contributed by atoms with Gasteiger partial charge >= 0.3 is 0 Å². The summed E-state index contributed by atoms with van der Waals surface area (Å²) in [6, 6.07) is 9.69. The zero-order valence-corrected chi connectivity index (χ0v) is 17.4. The number of hydrogen-bond acceptors (Lipinski definition) is 5. The second kappa shape index (κ2) is 7.72. The smallest absolute Gasteiger partial charge is 0.265 e. The predicted molar refractivity (Wildman–Crippen MR) is 110 cm³/mol. The molecular weight excluding hydrogens is 413 g/mol. The predicted octanol–water partition coefficient (Wildman–Crippen LogP) is 3.38. The standard InChI is InChI=1S/C20H20FN3O3S2/c1-14-18(28-20(22-14)24-9-4-5-10-24)19(25)23-11-8-17(29(26,27)13-12-23)15-6-2-3-7-16(15)21/h2-7,9-10,17H,8,11-13H2,1H3. The molecule has 1 aliphatic rings. The molecule has 1 unspecified atom stereocenters. The summed E-state index contributed by atoms with van der Waals surface area (Å²) in [5.41, 5.74) is 0.784. The van der Waals surface area contributed by atoms with Crippen molar-refractivity contribution in [2.75, 3.05) is 18.8 Å². The van der Waals surface area contributed by atoms with E-state index in [1.54, 1.807) is 17.9 Å². The Morgan fingerprint density at radius 2 is 1.90 bits per heavy atom. The van der Waals surface area contributed by atoms with Gasteiger partial charge in [0, 0.05) is 31.0 Å². The molecule has 29 heavy (non-hydrogen) atoms. The second-order valence-corrected chi connectivity index (χ2v) is 10.2. The van der Waals surface area contributed by atoms with Gasteiger partial charge < -0.3 is 9.47 Å². The first-order chi connectivity index (χ1) is 13.9. The van der Waals surface area contributed by atoms with Crippen molar-refractivity contribution in [3.05, 3.63) is 70.7 Å². The Kier molecular flexibility index (Phi) is 5.26. The Morgan fingerprint density at radius 3 is 2.62 bits per heavy atom. The molecule has 0 aliphatic carbocycles. The first kappa shape index (κ1) is 19.8. The van der Waals surface area contributed by atoms with Crippen LogP contribution in [0.2, 0.25) is 0 Å². The van der Waals surface area contributed by atoms with E-state index in [-0.39, 0.29) is 36.7 Å². The van der Waals surface area contributed by atoms with E-state index in [4.69, 9.17) is 0 Å². The van der Waals surface area contributed by atoms with E-state index < -0.39 is 20.9 Å². The molecule has 1 fully saturated rings. The lowest BCUT2D eigenvalue weighted by molar-refractivity contribution is 0.0770. The Morgan fingerprint density at radius 1 is 1.17 bits per heavy atom. The normalized spacial score (nSPS) is 19.1. The van der Waals surface area contributed by atoms with Crippen LogP contribution in [0.3, 0.4) is 0 Å². The third-order valence-corrected chi connectivity index (χ3v) is 8.35. The summed E-state index contributed by atoms with van der Waals surface area (Å²) >= 11 is 1.28. The van der Waals surface area contributed by atoms with E-state index in [1.165, 1.54) is 29.5 Å². The molecule has 0 N–H and O–H groups in total. The molecule has 1 saturated heterocycles. The summed E-state index contributed by atoms with van der Waals surface area (Å²) in [6.45, 7) is 2.10. The minimum atomic E-state index is -3.57. The second-order valence-electron chi connectivity index (χ2n) is 6.96. The first-order valence-electron chi connectivity index (χ1n) is 9.23. The quantitative estimate of drug-likeness (QED) is 0.635. The maximum absolute atomic E-state index is 14.2. The molecule has 0 spiro atoms. The van der Waals surface area contributed by atoms with Crippen molar-refractivity contribution in [1.29, 1.82) is 0 Å². The van der Waals surface area contributed by atoms with Crippen molar-refractivity contribution in [2.45, 2.75) is 18.6 Å². The van der Waals surface area contributed by atoms with Crippen LogP contribution in [0.15, 0.2) is 48.8 Å². The van der Waals surface area contributed by atoms with E-state index in [1.807, 2.05) is 29.1 Å². The zero-order valence-electron chi connectivity index (χ0n) is 15.8. The van der Waals surface area contributed by atoms with Crippen LogP contribution < -0.4 is 0 Å². The third-order valence-electron chi connectivity index (χ3n) is 5.08. The number of amides is 1. The molecule has 2 aromatic heterocycles. The van der Waals surface area contributed by atoms with Crippen molar-refractivity contribution in [1.82, 2.24) is 14.5 Å². The summed E-state index contributed by atoms with van der Waals surface area (Å²) in [6.07, 6.45) is 3.87. The molecule has 1 aliphatic heterocycles. The molecule has 0 saturated carbocycles. The maximum atomic E-state index is 14.2. The van der Waals surface area contributed by atoms with Gasteiger partial charge in [-0.25, -0.2) is 17.8 Å². The number of nitrogens with zero attached hydrogens (tertiary/aromatic N) is 3. The fraction of sp³-hybridized carbons (Fsp3) is 0.300. The summed E-state index contributed by atoms with van der Waals surface area (Å²) in [5, 5.41) is -0.262. The van der Waals surface area contributed by atoms with Crippen molar-refractivity contribution >= 4 is 27.1 Å². The van der Waals surface area contributed by atoms with Crippen molar-refractivity contribution in [3.8, 4) is 5.13 Å². The van der Waals surface area contributed by atoms with Gasteiger partial charge in [-0.15, -0.1) is 0 Å². The van der Waals surface area contributed by atoms with Crippen LogP contribution in [0.4, 0.5) is 4.39 Å². The van der Waals surface area contributed by atoms with Gasteiger partial charge in [-0.05, 0) is 31.5 Å². The van der Waals surface area contributed by atoms with Crippen LogP contribution in [0, 0.1) is 12.7 Å². The molecule has 6 nitrogen and oxygen atoms in total. The molecule has 4 rings (SSSR count). The molecule has 152 valence electrons.